The van der Waals surface area contributed by atoms with Crippen LogP contribution in [0.25, 0.3) is 11.4 Å². The van der Waals surface area contributed by atoms with Gasteiger partial charge in [-0.05, 0) is 31.9 Å². The Morgan fingerprint density at radius 2 is 2.00 bits per heavy atom. The molecule has 0 aliphatic carbocycles. The van der Waals surface area contributed by atoms with E-state index in [0.29, 0.717) is 18.5 Å². The number of aromatic amines is 1. The third-order valence-electron chi connectivity index (χ3n) is 3.67. The van der Waals surface area contributed by atoms with Gasteiger partial charge >= 0.3 is 12.1 Å². The Balaban J connectivity index is 2.07. The Labute approximate surface area is 147 Å². The molecule has 0 saturated carbocycles. The number of carboxylic acids is 1. The fourth-order valence-electron chi connectivity index (χ4n) is 2.35. The van der Waals surface area contributed by atoms with Crippen molar-refractivity contribution in [1.29, 1.82) is 0 Å². The van der Waals surface area contributed by atoms with Crippen LogP contribution in [0, 0.1) is 6.92 Å². The molecule has 0 radical (unpaired) electrons. The van der Waals surface area contributed by atoms with Crippen LogP contribution < -0.4 is 5.32 Å². The Bertz CT molecular complexity index is 800. The molecular formula is C17H18F3N3O3. The van der Waals surface area contributed by atoms with E-state index < -0.39 is 23.6 Å². The minimum absolute atomic E-state index is 0.0248. The first-order valence-electron chi connectivity index (χ1n) is 7.92. The average molecular weight is 369 g/mol. The number of hydrogen-bond donors (Lipinski definition) is 3. The second-order valence-corrected chi connectivity index (χ2v) is 5.74. The first-order valence-corrected chi connectivity index (χ1v) is 7.92. The quantitative estimate of drug-likeness (QED) is 0.652. The van der Waals surface area contributed by atoms with Crippen molar-refractivity contribution in [3.05, 3.63) is 41.2 Å². The molecule has 9 heteroatoms. The highest BCUT2D eigenvalue weighted by Crippen LogP contribution is 2.31. The Kier molecular flexibility index (Phi) is 6.01. The molecule has 0 bridgehead atoms. The summed E-state index contributed by atoms with van der Waals surface area (Å²) in [5, 5.41) is 11.2. The van der Waals surface area contributed by atoms with Crippen molar-refractivity contribution in [1.82, 2.24) is 15.3 Å². The maximum atomic E-state index is 12.8. The summed E-state index contributed by atoms with van der Waals surface area (Å²) < 4.78 is 38.5. The van der Waals surface area contributed by atoms with Gasteiger partial charge in [-0.2, -0.15) is 13.2 Å². The van der Waals surface area contributed by atoms with Crippen LogP contribution >= 0.6 is 0 Å². The maximum Gasteiger partial charge on any atom is 0.416 e. The van der Waals surface area contributed by atoms with Gasteiger partial charge < -0.3 is 15.4 Å². The summed E-state index contributed by atoms with van der Waals surface area (Å²) in [5.41, 5.74) is -0.0481. The fraction of sp³-hybridized carbons (Fsp3) is 0.353. The third-order valence-corrected chi connectivity index (χ3v) is 3.67. The van der Waals surface area contributed by atoms with Gasteiger partial charge in [0.25, 0.3) is 5.91 Å². The molecule has 6 nitrogen and oxygen atoms in total. The highest BCUT2D eigenvalue weighted by atomic mass is 19.4. The van der Waals surface area contributed by atoms with E-state index in [9.17, 15) is 22.8 Å². The topological polar surface area (TPSA) is 95.1 Å². The number of carbonyl (C=O) groups is 2. The highest BCUT2D eigenvalue weighted by molar-refractivity contribution is 5.94. The van der Waals surface area contributed by atoms with Crippen LogP contribution in [0.5, 0.6) is 0 Å². The normalized spacial score (nSPS) is 11.4. The number of hydrogen-bond acceptors (Lipinski definition) is 3. The number of alkyl halides is 3. The maximum absolute atomic E-state index is 12.8. The van der Waals surface area contributed by atoms with Crippen LogP contribution in [0.2, 0.25) is 0 Å². The molecule has 2 aromatic rings. The number of aliphatic carboxylic acids is 1. The lowest BCUT2D eigenvalue weighted by Gasteiger charge is -2.07. The molecule has 26 heavy (non-hydrogen) atoms. The van der Waals surface area contributed by atoms with Crippen molar-refractivity contribution >= 4 is 11.9 Å². The number of aromatic nitrogens is 2. The smallest absolute Gasteiger partial charge is 0.416 e. The summed E-state index contributed by atoms with van der Waals surface area (Å²) in [7, 11) is 0. The van der Waals surface area contributed by atoms with E-state index >= 15 is 0 Å². The lowest BCUT2D eigenvalue weighted by atomic mass is 10.1. The number of aryl methyl sites for hydroxylation is 1. The van der Waals surface area contributed by atoms with Crippen LogP contribution in [0.4, 0.5) is 13.2 Å². The van der Waals surface area contributed by atoms with E-state index in [-0.39, 0.29) is 30.0 Å². The molecule has 0 saturated heterocycles. The van der Waals surface area contributed by atoms with E-state index in [1.165, 1.54) is 12.1 Å². The van der Waals surface area contributed by atoms with Gasteiger partial charge in [-0.3, -0.25) is 9.59 Å². The Morgan fingerprint density at radius 3 is 2.65 bits per heavy atom. The molecule has 0 aliphatic rings. The molecule has 1 amide bonds. The van der Waals surface area contributed by atoms with Crippen LogP contribution in [0.15, 0.2) is 24.3 Å². The van der Waals surface area contributed by atoms with Crippen molar-refractivity contribution in [3.63, 3.8) is 0 Å². The molecular weight excluding hydrogens is 351 g/mol. The number of carboxylic acid groups (broad SMARTS) is 1. The minimum Gasteiger partial charge on any atom is -0.481 e. The molecule has 1 aromatic carbocycles. The van der Waals surface area contributed by atoms with Gasteiger partial charge in [0, 0.05) is 24.2 Å². The number of benzene rings is 1. The Morgan fingerprint density at radius 1 is 1.27 bits per heavy atom. The zero-order valence-corrected chi connectivity index (χ0v) is 14.0. The van der Waals surface area contributed by atoms with Crippen LogP contribution in [0.3, 0.4) is 0 Å². The number of halogens is 3. The second kappa shape index (κ2) is 8.03. The van der Waals surface area contributed by atoms with E-state index in [2.05, 4.69) is 15.3 Å². The van der Waals surface area contributed by atoms with E-state index in [1.54, 1.807) is 6.92 Å². The van der Waals surface area contributed by atoms with Crippen LogP contribution in [-0.4, -0.2) is 33.5 Å². The average Bonchev–Trinajstić information content (AvgIpc) is 2.95. The molecule has 0 fully saturated rings. The lowest BCUT2D eigenvalue weighted by Crippen LogP contribution is -2.25. The molecule has 0 atom stereocenters. The number of rotatable bonds is 7. The van der Waals surface area contributed by atoms with Crippen molar-refractivity contribution in [2.24, 2.45) is 0 Å². The summed E-state index contributed by atoms with van der Waals surface area (Å²) in [6.45, 7) is 1.89. The van der Waals surface area contributed by atoms with Crippen LogP contribution in [-0.2, 0) is 11.0 Å². The first-order chi connectivity index (χ1) is 12.2. The van der Waals surface area contributed by atoms with Gasteiger partial charge in [-0.25, -0.2) is 4.98 Å². The van der Waals surface area contributed by atoms with Gasteiger partial charge in [0.1, 0.15) is 11.5 Å². The number of carbonyl (C=O) groups excluding carboxylic acids is 1. The van der Waals surface area contributed by atoms with Gasteiger partial charge in [0.15, 0.2) is 0 Å². The summed E-state index contributed by atoms with van der Waals surface area (Å²) >= 11 is 0. The highest BCUT2D eigenvalue weighted by Gasteiger charge is 2.30. The predicted molar refractivity (Wildman–Crippen MR) is 87.6 cm³/mol. The van der Waals surface area contributed by atoms with Crippen molar-refractivity contribution < 1.29 is 27.9 Å². The number of nitrogens with zero attached hydrogens (tertiary/aromatic N) is 1. The molecule has 0 aliphatic heterocycles. The van der Waals surface area contributed by atoms with Crippen molar-refractivity contribution in [2.45, 2.75) is 32.4 Å². The summed E-state index contributed by atoms with van der Waals surface area (Å²) in [5.74, 6) is -1.19. The molecule has 2 rings (SSSR count). The number of unbranched alkanes of at least 4 members (excludes halogenated alkanes) is 1. The largest absolute Gasteiger partial charge is 0.481 e. The Hall–Kier alpha value is -2.84. The summed E-state index contributed by atoms with van der Waals surface area (Å²) in [4.78, 5) is 29.5. The minimum atomic E-state index is -4.46. The predicted octanol–water partition coefficient (Wildman–Crippen LogP) is 3.39. The summed E-state index contributed by atoms with van der Waals surface area (Å²) in [6, 6.07) is 4.68. The molecule has 140 valence electrons. The molecule has 3 N–H and O–H groups in total. The molecule has 0 spiro atoms. The van der Waals surface area contributed by atoms with Gasteiger partial charge in [-0.1, -0.05) is 12.1 Å². The second-order valence-electron chi connectivity index (χ2n) is 5.74. The standard InChI is InChI=1S/C17H18F3N3O3/c1-10-14(16(26)21-8-3-2-7-13(24)25)23-15(22-10)11-5-4-6-12(9-11)17(18,19)20/h4-6,9H,2-3,7-8H2,1H3,(H,21,26)(H,22,23)(H,24,25). The monoisotopic (exact) mass is 369 g/mol. The van der Waals surface area contributed by atoms with Gasteiger partial charge in [0.05, 0.1) is 5.56 Å². The van der Waals surface area contributed by atoms with Gasteiger partial charge in [0.2, 0.25) is 0 Å². The number of H-pyrrole nitrogens is 1. The van der Waals surface area contributed by atoms with Crippen LogP contribution in [0.1, 0.15) is 41.0 Å². The van der Waals surface area contributed by atoms with E-state index in [0.717, 1.165) is 12.1 Å². The molecule has 0 unspecified atom stereocenters. The van der Waals surface area contributed by atoms with E-state index in [1.807, 2.05) is 0 Å². The number of imidazole rings is 1. The lowest BCUT2D eigenvalue weighted by molar-refractivity contribution is -0.138. The van der Waals surface area contributed by atoms with Crippen molar-refractivity contribution in [2.75, 3.05) is 6.54 Å². The third kappa shape index (κ3) is 5.08. The summed E-state index contributed by atoms with van der Waals surface area (Å²) in [6.07, 6.45) is -3.50. The zero-order valence-electron chi connectivity index (χ0n) is 14.0. The fourth-order valence-corrected chi connectivity index (χ4v) is 2.35. The SMILES string of the molecule is Cc1[nH]c(-c2cccc(C(F)(F)F)c2)nc1C(=O)NCCCCC(=O)O. The molecule has 1 heterocycles. The van der Waals surface area contributed by atoms with Crippen molar-refractivity contribution in [3.8, 4) is 11.4 Å². The first kappa shape index (κ1) is 19.5. The van der Waals surface area contributed by atoms with E-state index in [4.69, 9.17) is 5.11 Å². The zero-order chi connectivity index (χ0) is 19.3. The van der Waals surface area contributed by atoms with Gasteiger partial charge in [-0.15, -0.1) is 0 Å². The number of amides is 1. The number of nitrogens with one attached hydrogen (secondary N) is 2. The molecule has 1 aromatic heterocycles.